The largest absolute Gasteiger partial charge is 0.373 e. The first-order valence-corrected chi connectivity index (χ1v) is 8.79. The molecule has 0 saturated carbocycles. The lowest BCUT2D eigenvalue weighted by atomic mass is 9.94. The summed E-state index contributed by atoms with van der Waals surface area (Å²) in [5.41, 5.74) is 5.99. The molecule has 2 rings (SSSR count). The molecule has 0 aliphatic carbocycles. The van der Waals surface area contributed by atoms with Gasteiger partial charge in [-0.1, -0.05) is 13.8 Å². The summed E-state index contributed by atoms with van der Waals surface area (Å²) in [5, 5.41) is 0. The number of carbonyl (C=O) groups excluding carboxylic acids is 1. The number of morpholine rings is 1. The molecule has 22 heavy (non-hydrogen) atoms. The summed E-state index contributed by atoms with van der Waals surface area (Å²) in [6.07, 6.45) is 2.84. The van der Waals surface area contributed by atoms with Crippen LogP contribution in [0, 0.1) is 11.8 Å². The highest BCUT2D eigenvalue weighted by Crippen LogP contribution is 2.21. The van der Waals surface area contributed by atoms with E-state index in [1.54, 1.807) is 0 Å². The Hall–Kier alpha value is -0.650. The van der Waals surface area contributed by atoms with E-state index in [2.05, 4.69) is 18.7 Å². The van der Waals surface area contributed by atoms with Gasteiger partial charge in [0.1, 0.15) is 0 Å². The first-order valence-electron chi connectivity index (χ1n) is 8.79. The molecule has 5 nitrogen and oxygen atoms in total. The Bertz CT molecular complexity index is 357. The first-order chi connectivity index (χ1) is 10.4. The molecule has 0 bridgehead atoms. The maximum atomic E-state index is 12.3. The van der Waals surface area contributed by atoms with E-state index in [1.165, 1.54) is 0 Å². The molecular weight excluding hydrogens is 278 g/mol. The minimum absolute atomic E-state index is 0.127. The highest BCUT2D eigenvalue weighted by atomic mass is 16.5. The molecule has 0 aromatic carbocycles. The van der Waals surface area contributed by atoms with Crippen LogP contribution in [0.1, 0.15) is 40.5 Å². The van der Waals surface area contributed by atoms with E-state index in [9.17, 15) is 4.79 Å². The van der Waals surface area contributed by atoms with Crippen LogP contribution in [0.5, 0.6) is 0 Å². The van der Waals surface area contributed by atoms with Crippen molar-refractivity contribution in [2.24, 2.45) is 17.6 Å². The van der Waals surface area contributed by atoms with Gasteiger partial charge in [-0.05, 0) is 38.5 Å². The van der Waals surface area contributed by atoms with Gasteiger partial charge in [0.05, 0.1) is 18.2 Å². The minimum atomic E-state index is -0.350. The van der Waals surface area contributed by atoms with E-state index < -0.39 is 0 Å². The predicted octanol–water partition coefficient (Wildman–Crippen LogP) is 1.32. The maximum Gasteiger partial charge on any atom is 0.239 e. The van der Waals surface area contributed by atoms with E-state index >= 15 is 0 Å². The van der Waals surface area contributed by atoms with Gasteiger partial charge in [0.15, 0.2) is 0 Å². The summed E-state index contributed by atoms with van der Waals surface area (Å²) < 4.78 is 5.79. The van der Waals surface area contributed by atoms with Crippen LogP contribution in [0.4, 0.5) is 0 Å². The van der Waals surface area contributed by atoms with Crippen molar-refractivity contribution in [1.82, 2.24) is 9.80 Å². The second-order valence-electron chi connectivity index (χ2n) is 7.51. The monoisotopic (exact) mass is 311 g/mol. The van der Waals surface area contributed by atoms with Crippen LogP contribution in [0.2, 0.25) is 0 Å². The third-order valence-corrected chi connectivity index (χ3v) is 4.94. The molecule has 2 fully saturated rings. The molecule has 2 saturated heterocycles. The molecule has 5 heteroatoms. The van der Waals surface area contributed by atoms with Crippen molar-refractivity contribution in [2.45, 2.75) is 58.8 Å². The fourth-order valence-corrected chi connectivity index (χ4v) is 3.63. The van der Waals surface area contributed by atoms with Gasteiger partial charge in [0.25, 0.3) is 0 Å². The molecule has 0 spiro atoms. The zero-order valence-corrected chi connectivity index (χ0v) is 14.6. The number of likely N-dealkylation sites (tertiary alicyclic amines) is 1. The molecule has 3 atom stereocenters. The van der Waals surface area contributed by atoms with Crippen LogP contribution in [0.25, 0.3) is 0 Å². The molecule has 2 N–H and O–H groups in total. The van der Waals surface area contributed by atoms with E-state index in [4.69, 9.17) is 10.5 Å². The molecule has 2 unspecified atom stereocenters. The predicted molar refractivity (Wildman–Crippen MR) is 88.6 cm³/mol. The molecule has 0 aromatic heterocycles. The van der Waals surface area contributed by atoms with E-state index in [0.29, 0.717) is 18.1 Å². The van der Waals surface area contributed by atoms with E-state index in [-0.39, 0.29) is 17.9 Å². The molecule has 1 amide bonds. The van der Waals surface area contributed by atoms with Crippen molar-refractivity contribution in [3.05, 3.63) is 0 Å². The zero-order valence-electron chi connectivity index (χ0n) is 14.6. The molecule has 2 aliphatic rings. The SMILES string of the molecule is CC1CN(CC2CCN(C(=O)[C@@H](N)C(C)C)CC2)CC(C)O1. The smallest absolute Gasteiger partial charge is 0.239 e. The van der Waals surface area contributed by atoms with Gasteiger partial charge in [-0.3, -0.25) is 9.69 Å². The van der Waals surface area contributed by atoms with Gasteiger partial charge < -0.3 is 15.4 Å². The average Bonchev–Trinajstić information content (AvgIpc) is 2.45. The number of nitrogens with two attached hydrogens (primary N) is 1. The Kier molecular flexibility index (Phi) is 6.24. The first kappa shape index (κ1) is 17.7. The highest BCUT2D eigenvalue weighted by Gasteiger charge is 2.30. The van der Waals surface area contributed by atoms with Gasteiger partial charge in [-0.2, -0.15) is 0 Å². The van der Waals surface area contributed by atoms with Gasteiger partial charge >= 0.3 is 0 Å². The van der Waals surface area contributed by atoms with Crippen molar-refractivity contribution in [3.8, 4) is 0 Å². The summed E-state index contributed by atoms with van der Waals surface area (Å²) in [6.45, 7) is 13.2. The molecule has 128 valence electrons. The van der Waals surface area contributed by atoms with Crippen molar-refractivity contribution in [1.29, 1.82) is 0 Å². The Morgan fingerprint density at radius 3 is 2.23 bits per heavy atom. The number of hydrogen-bond donors (Lipinski definition) is 1. The summed E-state index contributed by atoms with van der Waals surface area (Å²) in [4.78, 5) is 16.8. The Morgan fingerprint density at radius 2 is 1.73 bits per heavy atom. The Labute approximate surface area is 135 Å². The number of piperidine rings is 1. The van der Waals surface area contributed by atoms with Crippen molar-refractivity contribution in [3.63, 3.8) is 0 Å². The van der Waals surface area contributed by atoms with Gasteiger partial charge in [0.2, 0.25) is 5.91 Å². The van der Waals surface area contributed by atoms with E-state index in [1.807, 2.05) is 18.7 Å². The van der Waals surface area contributed by atoms with Crippen molar-refractivity contribution in [2.75, 3.05) is 32.7 Å². The maximum absolute atomic E-state index is 12.3. The van der Waals surface area contributed by atoms with Gasteiger partial charge in [-0.25, -0.2) is 0 Å². The number of nitrogens with zero attached hydrogens (tertiary/aromatic N) is 2. The second-order valence-corrected chi connectivity index (χ2v) is 7.51. The fourth-order valence-electron chi connectivity index (χ4n) is 3.63. The summed E-state index contributed by atoms with van der Waals surface area (Å²) in [5.74, 6) is 1.03. The zero-order chi connectivity index (χ0) is 16.3. The van der Waals surface area contributed by atoms with Crippen LogP contribution < -0.4 is 5.73 Å². The van der Waals surface area contributed by atoms with Gasteiger partial charge in [0, 0.05) is 32.7 Å². The molecular formula is C17H33N3O2. The normalized spacial score (nSPS) is 29.8. The number of hydrogen-bond acceptors (Lipinski definition) is 4. The quantitative estimate of drug-likeness (QED) is 0.851. The van der Waals surface area contributed by atoms with Crippen molar-refractivity contribution >= 4 is 5.91 Å². The Morgan fingerprint density at radius 1 is 1.18 bits per heavy atom. The lowest BCUT2D eigenvalue weighted by Crippen LogP contribution is -2.51. The molecule has 0 aromatic rings. The van der Waals surface area contributed by atoms with Crippen LogP contribution in [0.3, 0.4) is 0 Å². The standard InChI is InChI=1S/C17H33N3O2/c1-12(2)16(18)17(21)20-7-5-15(6-8-20)11-19-9-13(3)22-14(4)10-19/h12-16H,5-11,18H2,1-4H3/t13?,14?,16-/m0/s1. The molecule has 2 aliphatic heterocycles. The van der Waals surface area contributed by atoms with Crippen molar-refractivity contribution < 1.29 is 9.53 Å². The molecule has 2 heterocycles. The lowest BCUT2D eigenvalue weighted by molar-refractivity contribution is -0.135. The second kappa shape index (κ2) is 7.75. The third kappa shape index (κ3) is 4.67. The highest BCUT2D eigenvalue weighted by molar-refractivity contribution is 5.82. The number of amides is 1. The van der Waals surface area contributed by atoms with Crippen LogP contribution in [-0.2, 0) is 9.53 Å². The van der Waals surface area contributed by atoms with E-state index in [0.717, 1.165) is 45.6 Å². The topological polar surface area (TPSA) is 58.8 Å². The molecule has 0 radical (unpaired) electrons. The number of carbonyl (C=O) groups is 1. The fraction of sp³-hybridized carbons (Fsp3) is 0.941. The number of ether oxygens (including phenoxy) is 1. The van der Waals surface area contributed by atoms with Crippen LogP contribution >= 0.6 is 0 Å². The van der Waals surface area contributed by atoms with Crippen LogP contribution in [-0.4, -0.2) is 66.7 Å². The summed E-state index contributed by atoms with van der Waals surface area (Å²) in [7, 11) is 0. The van der Waals surface area contributed by atoms with Crippen LogP contribution in [0.15, 0.2) is 0 Å². The minimum Gasteiger partial charge on any atom is -0.373 e. The lowest BCUT2D eigenvalue weighted by Gasteiger charge is -2.40. The summed E-state index contributed by atoms with van der Waals surface area (Å²) >= 11 is 0. The number of rotatable bonds is 4. The third-order valence-electron chi connectivity index (χ3n) is 4.94. The summed E-state index contributed by atoms with van der Waals surface area (Å²) in [6, 6.07) is -0.350. The Balaban J connectivity index is 1.76. The van der Waals surface area contributed by atoms with Gasteiger partial charge in [-0.15, -0.1) is 0 Å². The average molecular weight is 311 g/mol.